The van der Waals surface area contributed by atoms with Crippen molar-refractivity contribution in [3.05, 3.63) is 29.6 Å². The third kappa shape index (κ3) is 7.31. The van der Waals surface area contributed by atoms with E-state index in [0.717, 1.165) is 17.7 Å². The number of aromatic nitrogens is 1. The third-order valence-corrected chi connectivity index (χ3v) is 3.67. The Kier molecular flexibility index (Phi) is 9.34. The Bertz CT molecular complexity index is 325. The maximum Gasteiger partial charge on any atom is 0.0699 e. The number of rotatable bonds is 11. The zero-order valence-corrected chi connectivity index (χ0v) is 12.4. The van der Waals surface area contributed by atoms with E-state index in [1.165, 1.54) is 57.8 Å². The molecule has 0 fully saturated rings. The van der Waals surface area contributed by atoms with Crippen LogP contribution in [-0.4, -0.2) is 10.1 Å². The van der Waals surface area contributed by atoms with Crippen LogP contribution in [0.3, 0.4) is 0 Å². The molecule has 2 nitrogen and oxygen atoms in total. The summed E-state index contributed by atoms with van der Waals surface area (Å²) in [6.45, 7) is 2.37. The van der Waals surface area contributed by atoms with Crippen LogP contribution in [0.5, 0.6) is 0 Å². The predicted molar refractivity (Wildman–Crippen MR) is 81.1 cm³/mol. The number of aryl methyl sites for hydroxylation is 1. The number of nitrogens with zero attached hydrogens (tertiary/aromatic N) is 1. The van der Waals surface area contributed by atoms with Crippen molar-refractivity contribution in [2.24, 2.45) is 0 Å². The van der Waals surface area contributed by atoms with Gasteiger partial charge in [0.2, 0.25) is 0 Å². The highest BCUT2D eigenvalue weighted by Gasteiger charge is 2.01. The Morgan fingerprint density at radius 3 is 2.21 bits per heavy atom. The highest BCUT2D eigenvalue weighted by atomic mass is 16.3. The molecule has 1 aromatic heterocycles. The van der Waals surface area contributed by atoms with Gasteiger partial charge < -0.3 is 5.11 Å². The van der Waals surface area contributed by atoms with Crippen molar-refractivity contribution in [1.29, 1.82) is 0 Å². The van der Waals surface area contributed by atoms with Crippen molar-refractivity contribution in [2.45, 2.75) is 77.7 Å². The van der Waals surface area contributed by atoms with Gasteiger partial charge in [-0.1, -0.05) is 64.4 Å². The van der Waals surface area contributed by atoms with Gasteiger partial charge in [-0.15, -0.1) is 0 Å². The number of aliphatic hydroxyl groups excluding tert-OH is 1. The molecule has 0 aliphatic rings. The minimum Gasteiger partial charge on any atom is -0.392 e. The zero-order valence-electron chi connectivity index (χ0n) is 12.4. The van der Waals surface area contributed by atoms with Crippen LogP contribution in [0.2, 0.25) is 0 Å². The average molecular weight is 263 g/mol. The number of hydrogen-bond donors (Lipinski definition) is 1. The third-order valence-electron chi connectivity index (χ3n) is 3.67. The van der Waals surface area contributed by atoms with Crippen LogP contribution in [0.25, 0.3) is 0 Å². The first-order chi connectivity index (χ1) is 9.38. The highest BCUT2D eigenvalue weighted by Crippen LogP contribution is 2.13. The van der Waals surface area contributed by atoms with E-state index in [2.05, 4.69) is 11.9 Å². The van der Waals surface area contributed by atoms with Crippen molar-refractivity contribution < 1.29 is 5.11 Å². The monoisotopic (exact) mass is 263 g/mol. The Labute approximate surface area is 118 Å². The summed E-state index contributed by atoms with van der Waals surface area (Å²) in [5.41, 5.74) is 2.06. The fourth-order valence-electron chi connectivity index (χ4n) is 2.44. The molecule has 0 aromatic carbocycles. The van der Waals surface area contributed by atoms with Crippen LogP contribution < -0.4 is 0 Å². The predicted octanol–water partition coefficient (Wildman–Crippen LogP) is 4.65. The quantitative estimate of drug-likeness (QED) is 0.590. The highest BCUT2D eigenvalue weighted by molar-refractivity contribution is 5.18. The molecule has 108 valence electrons. The van der Waals surface area contributed by atoms with E-state index in [9.17, 15) is 5.11 Å². The number of hydrogen-bond acceptors (Lipinski definition) is 2. The maximum absolute atomic E-state index is 9.22. The van der Waals surface area contributed by atoms with Gasteiger partial charge in [-0.2, -0.15) is 0 Å². The standard InChI is InChI=1S/C17H29NO/c1-2-3-4-5-6-7-8-9-10-13-17-16(15-19)12-11-14-18-17/h11-12,14,19H,2-10,13,15H2,1H3. The Balaban J connectivity index is 2.01. The van der Waals surface area contributed by atoms with E-state index in [0.29, 0.717) is 0 Å². The number of pyridine rings is 1. The van der Waals surface area contributed by atoms with Gasteiger partial charge >= 0.3 is 0 Å². The molecule has 0 radical (unpaired) electrons. The van der Waals surface area contributed by atoms with Gasteiger partial charge in [0.05, 0.1) is 6.61 Å². The van der Waals surface area contributed by atoms with Gasteiger partial charge in [0.1, 0.15) is 0 Å². The molecule has 0 aliphatic carbocycles. The summed E-state index contributed by atoms with van der Waals surface area (Å²) in [7, 11) is 0. The van der Waals surface area contributed by atoms with E-state index >= 15 is 0 Å². The van der Waals surface area contributed by atoms with Gasteiger partial charge in [-0.25, -0.2) is 0 Å². The summed E-state index contributed by atoms with van der Waals surface area (Å²) < 4.78 is 0. The Morgan fingerprint density at radius 1 is 0.947 bits per heavy atom. The van der Waals surface area contributed by atoms with Gasteiger partial charge in [0.25, 0.3) is 0 Å². The van der Waals surface area contributed by atoms with Crippen LogP contribution >= 0.6 is 0 Å². The summed E-state index contributed by atoms with van der Waals surface area (Å²) in [6, 6.07) is 3.86. The second-order valence-corrected chi connectivity index (χ2v) is 5.35. The molecule has 19 heavy (non-hydrogen) atoms. The molecule has 0 saturated heterocycles. The second kappa shape index (κ2) is 11.0. The summed E-state index contributed by atoms with van der Waals surface area (Å²) in [5.74, 6) is 0. The topological polar surface area (TPSA) is 33.1 Å². The first-order valence-electron chi connectivity index (χ1n) is 7.92. The number of aliphatic hydroxyl groups is 1. The molecule has 0 aliphatic heterocycles. The zero-order chi connectivity index (χ0) is 13.8. The van der Waals surface area contributed by atoms with E-state index in [4.69, 9.17) is 0 Å². The molecule has 0 amide bonds. The van der Waals surface area contributed by atoms with Crippen molar-refractivity contribution in [2.75, 3.05) is 0 Å². The molecular formula is C17H29NO. The van der Waals surface area contributed by atoms with Gasteiger partial charge in [0, 0.05) is 11.9 Å². The van der Waals surface area contributed by atoms with Crippen molar-refractivity contribution in [3.8, 4) is 0 Å². The molecule has 0 spiro atoms. The van der Waals surface area contributed by atoms with Crippen molar-refractivity contribution >= 4 is 0 Å². The first-order valence-corrected chi connectivity index (χ1v) is 7.92. The van der Waals surface area contributed by atoms with Crippen molar-refractivity contribution in [1.82, 2.24) is 4.98 Å². The minimum absolute atomic E-state index is 0.112. The smallest absolute Gasteiger partial charge is 0.0699 e. The minimum atomic E-state index is 0.112. The molecule has 2 heteroatoms. The lowest BCUT2D eigenvalue weighted by atomic mass is 10.0. The van der Waals surface area contributed by atoms with E-state index in [-0.39, 0.29) is 6.61 Å². The fraction of sp³-hybridized carbons (Fsp3) is 0.706. The molecule has 1 rings (SSSR count). The normalized spacial score (nSPS) is 10.8. The Morgan fingerprint density at radius 2 is 1.58 bits per heavy atom. The summed E-state index contributed by atoms with van der Waals surface area (Å²) >= 11 is 0. The lowest BCUT2D eigenvalue weighted by Gasteiger charge is -2.06. The summed E-state index contributed by atoms with van der Waals surface area (Å²) in [5, 5.41) is 9.22. The van der Waals surface area contributed by atoms with Gasteiger partial charge in [-0.3, -0.25) is 4.98 Å². The molecular weight excluding hydrogens is 234 g/mol. The SMILES string of the molecule is CCCCCCCCCCCc1ncccc1CO. The molecule has 0 saturated carbocycles. The number of unbranched alkanes of at least 4 members (excludes halogenated alkanes) is 8. The first kappa shape index (κ1) is 16.2. The molecule has 1 N–H and O–H groups in total. The van der Waals surface area contributed by atoms with E-state index in [1.807, 2.05) is 18.3 Å². The van der Waals surface area contributed by atoms with Gasteiger partial charge in [0.15, 0.2) is 0 Å². The second-order valence-electron chi connectivity index (χ2n) is 5.35. The summed E-state index contributed by atoms with van der Waals surface area (Å²) in [4.78, 5) is 4.36. The van der Waals surface area contributed by atoms with E-state index < -0.39 is 0 Å². The molecule has 0 bridgehead atoms. The Hall–Kier alpha value is -0.890. The average Bonchev–Trinajstić information content (AvgIpc) is 2.46. The van der Waals surface area contributed by atoms with Crippen LogP contribution in [-0.2, 0) is 13.0 Å². The lowest BCUT2D eigenvalue weighted by Crippen LogP contribution is -1.97. The maximum atomic E-state index is 9.22. The molecule has 0 atom stereocenters. The molecule has 0 unspecified atom stereocenters. The molecule has 1 heterocycles. The van der Waals surface area contributed by atoms with Crippen LogP contribution in [0.15, 0.2) is 18.3 Å². The van der Waals surface area contributed by atoms with Crippen LogP contribution in [0.1, 0.15) is 76.0 Å². The van der Waals surface area contributed by atoms with Crippen LogP contribution in [0, 0.1) is 0 Å². The fourth-order valence-corrected chi connectivity index (χ4v) is 2.44. The lowest BCUT2D eigenvalue weighted by molar-refractivity contribution is 0.280. The van der Waals surface area contributed by atoms with E-state index in [1.54, 1.807) is 0 Å². The van der Waals surface area contributed by atoms with Crippen molar-refractivity contribution in [3.63, 3.8) is 0 Å². The largest absolute Gasteiger partial charge is 0.392 e. The summed E-state index contributed by atoms with van der Waals surface area (Å²) in [6.07, 6.45) is 15.0. The van der Waals surface area contributed by atoms with Gasteiger partial charge in [-0.05, 0) is 24.5 Å². The molecule has 1 aromatic rings. The van der Waals surface area contributed by atoms with Crippen LogP contribution in [0.4, 0.5) is 0 Å².